The monoisotopic (exact) mass is 514 g/mol. The molecular formula is C27H46N8O2. The van der Waals surface area contributed by atoms with E-state index >= 15 is 0 Å². The average molecular weight is 515 g/mol. The number of carbonyl (C=O) groups excluding carboxylic acids is 2. The van der Waals surface area contributed by atoms with Gasteiger partial charge in [-0.2, -0.15) is 0 Å². The fourth-order valence-electron chi connectivity index (χ4n) is 4.42. The van der Waals surface area contributed by atoms with Crippen LogP contribution >= 0.6 is 0 Å². The normalized spacial score (nSPS) is 15.9. The van der Waals surface area contributed by atoms with Crippen molar-refractivity contribution in [1.29, 1.82) is 0 Å². The molecule has 1 aliphatic heterocycles. The van der Waals surface area contributed by atoms with E-state index in [1.165, 1.54) is 0 Å². The summed E-state index contributed by atoms with van der Waals surface area (Å²) in [5.74, 6) is -0.334. The molecular weight excluding hydrogens is 468 g/mol. The summed E-state index contributed by atoms with van der Waals surface area (Å²) < 4.78 is 0. The van der Waals surface area contributed by atoms with Crippen LogP contribution in [0.4, 0.5) is 0 Å². The number of hydrogen-bond donors (Lipinski definition) is 6. The van der Waals surface area contributed by atoms with Crippen LogP contribution in [0.2, 0.25) is 0 Å². The van der Waals surface area contributed by atoms with Crippen molar-refractivity contribution in [3.8, 4) is 0 Å². The van der Waals surface area contributed by atoms with Crippen molar-refractivity contribution < 1.29 is 9.59 Å². The summed E-state index contributed by atoms with van der Waals surface area (Å²) in [5, 5.41) is 9.91. The lowest BCUT2D eigenvalue weighted by molar-refractivity contribution is -0.120. The summed E-state index contributed by atoms with van der Waals surface area (Å²) in [6.45, 7) is 15.2. The first kappa shape index (κ1) is 30.3. The molecule has 10 heteroatoms. The number of nitrogens with two attached hydrogens (primary N) is 3. The lowest BCUT2D eigenvalue weighted by Crippen LogP contribution is -2.50. The number of benzene rings is 1. The van der Waals surface area contributed by atoms with Crippen LogP contribution in [0, 0.1) is 5.92 Å². The SMILES string of the molecule is C=C(NCCN1CCN(CC(N)=O)CC1)C(CCCN)CNC(=C)C(Cc1ccccc1)NC(=O)CN. The first-order chi connectivity index (χ1) is 17.8. The highest BCUT2D eigenvalue weighted by Gasteiger charge is 2.20. The maximum atomic E-state index is 12.0. The number of hydrogen-bond acceptors (Lipinski definition) is 8. The topological polar surface area (TPSA) is 155 Å². The van der Waals surface area contributed by atoms with Crippen LogP contribution in [0.15, 0.2) is 54.9 Å². The predicted molar refractivity (Wildman–Crippen MR) is 149 cm³/mol. The van der Waals surface area contributed by atoms with E-state index in [0.717, 1.165) is 69.1 Å². The van der Waals surface area contributed by atoms with E-state index in [9.17, 15) is 9.59 Å². The standard InChI is InChI=1S/C27H46N8O2/c1-21(31-11-12-34-13-15-35(16-14-34)20-26(30)36)24(9-6-10-28)19-32-22(2)25(33-27(37)18-29)17-23-7-4-3-5-8-23/h3-5,7-8,24-25,31-32H,1-2,6,9-20,28-29H2,(H2,30,36)(H,33,37). The van der Waals surface area contributed by atoms with Crippen molar-refractivity contribution in [3.05, 3.63) is 60.4 Å². The Morgan fingerprint density at radius 1 is 0.973 bits per heavy atom. The largest absolute Gasteiger partial charge is 0.387 e. The van der Waals surface area contributed by atoms with Crippen molar-refractivity contribution in [2.45, 2.75) is 25.3 Å². The highest BCUT2D eigenvalue weighted by Crippen LogP contribution is 2.15. The Hall–Kier alpha value is -2.92. The summed E-state index contributed by atoms with van der Waals surface area (Å²) in [6, 6.07) is 9.71. The van der Waals surface area contributed by atoms with Crippen LogP contribution in [-0.4, -0.2) is 93.1 Å². The molecule has 37 heavy (non-hydrogen) atoms. The van der Waals surface area contributed by atoms with Crippen LogP contribution in [0.25, 0.3) is 0 Å². The highest BCUT2D eigenvalue weighted by molar-refractivity contribution is 5.78. The Labute approximate surface area is 221 Å². The first-order valence-electron chi connectivity index (χ1n) is 13.1. The quantitative estimate of drug-likeness (QED) is 0.151. The van der Waals surface area contributed by atoms with Crippen LogP contribution in [0.3, 0.4) is 0 Å². The summed E-state index contributed by atoms with van der Waals surface area (Å²) in [4.78, 5) is 27.6. The minimum Gasteiger partial charge on any atom is -0.387 e. The molecule has 0 aromatic heterocycles. The molecule has 1 aromatic carbocycles. The molecule has 0 saturated carbocycles. The number of nitrogens with one attached hydrogen (secondary N) is 3. The molecule has 1 saturated heterocycles. The van der Waals surface area contributed by atoms with Gasteiger partial charge in [0, 0.05) is 63.1 Å². The number of rotatable bonds is 18. The number of primary amides is 1. The van der Waals surface area contributed by atoms with Gasteiger partial charge in [-0.3, -0.25) is 19.4 Å². The third-order valence-electron chi connectivity index (χ3n) is 6.67. The fraction of sp³-hybridized carbons (Fsp3) is 0.556. The lowest BCUT2D eigenvalue weighted by atomic mass is 9.98. The molecule has 0 spiro atoms. The van der Waals surface area contributed by atoms with E-state index in [1.807, 2.05) is 30.3 Å². The Kier molecular flexibility index (Phi) is 13.7. The second-order valence-electron chi connectivity index (χ2n) is 9.58. The summed E-state index contributed by atoms with van der Waals surface area (Å²) in [5.41, 5.74) is 19.4. The molecule has 1 aromatic rings. The molecule has 0 bridgehead atoms. The van der Waals surface area contributed by atoms with Gasteiger partial charge in [0.05, 0.1) is 19.1 Å². The Bertz CT molecular complexity index is 855. The van der Waals surface area contributed by atoms with E-state index < -0.39 is 0 Å². The van der Waals surface area contributed by atoms with Gasteiger partial charge in [0.25, 0.3) is 0 Å². The Morgan fingerprint density at radius 3 is 2.27 bits per heavy atom. The zero-order valence-corrected chi connectivity index (χ0v) is 22.1. The zero-order valence-electron chi connectivity index (χ0n) is 22.1. The zero-order chi connectivity index (χ0) is 27.0. The highest BCUT2D eigenvalue weighted by atomic mass is 16.2. The van der Waals surface area contributed by atoms with E-state index in [2.05, 4.69) is 38.9 Å². The van der Waals surface area contributed by atoms with Gasteiger partial charge < -0.3 is 33.2 Å². The minimum absolute atomic E-state index is 0.0708. The van der Waals surface area contributed by atoms with Crippen molar-refractivity contribution in [2.75, 3.05) is 65.4 Å². The maximum absolute atomic E-state index is 12.0. The lowest BCUT2D eigenvalue weighted by Gasteiger charge is -2.34. The molecule has 10 nitrogen and oxygen atoms in total. The van der Waals surface area contributed by atoms with Gasteiger partial charge in [0.15, 0.2) is 0 Å². The molecule has 9 N–H and O–H groups in total. The molecule has 1 aliphatic rings. The number of carbonyl (C=O) groups is 2. The fourth-order valence-corrected chi connectivity index (χ4v) is 4.42. The van der Waals surface area contributed by atoms with Crippen LogP contribution < -0.4 is 33.2 Å². The number of piperazine rings is 1. The molecule has 206 valence electrons. The average Bonchev–Trinajstić information content (AvgIpc) is 2.89. The van der Waals surface area contributed by atoms with Gasteiger partial charge in [-0.05, 0) is 31.4 Å². The summed E-state index contributed by atoms with van der Waals surface area (Å²) in [6.07, 6.45) is 2.41. The van der Waals surface area contributed by atoms with Crippen LogP contribution in [0.1, 0.15) is 18.4 Å². The molecule has 2 unspecified atom stereocenters. The van der Waals surface area contributed by atoms with E-state index in [-0.39, 0.29) is 30.3 Å². The maximum Gasteiger partial charge on any atom is 0.234 e. The molecule has 1 heterocycles. The van der Waals surface area contributed by atoms with Crippen LogP contribution in [-0.2, 0) is 16.0 Å². The molecule has 0 aliphatic carbocycles. The van der Waals surface area contributed by atoms with E-state index in [4.69, 9.17) is 17.2 Å². The smallest absolute Gasteiger partial charge is 0.234 e. The summed E-state index contributed by atoms with van der Waals surface area (Å²) in [7, 11) is 0. The van der Waals surface area contributed by atoms with Crippen LogP contribution in [0.5, 0.6) is 0 Å². The number of nitrogens with zero attached hydrogens (tertiary/aromatic N) is 2. The molecule has 2 rings (SSSR count). The van der Waals surface area contributed by atoms with Gasteiger partial charge >= 0.3 is 0 Å². The van der Waals surface area contributed by atoms with Crippen molar-refractivity contribution in [2.24, 2.45) is 23.1 Å². The van der Waals surface area contributed by atoms with Gasteiger partial charge in [-0.25, -0.2) is 0 Å². The third-order valence-corrected chi connectivity index (χ3v) is 6.67. The van der Waals surface area contributed by atoms with Gasteiger partial charge in [-0.1, -0.05) is 43.5 Å². The molecule has 2 amide bonds. The van der Waals surface area contributed by atoms with Gasteiger partial charge in [0.2, 0.25) is 11.8 Å². The molecule has 1 fully saturated rings. The Morgan fingerprint density at radius 2 is 1.65 bits per heavy atom. The molecule has 2 atom stereocenters. The number of amides is 2. The second-order valence-corrected chi connectivity index (χ2v) is 9.58. The third kappa shape index (κ3) is 11.8. The summed E-state index contributed by atoms with van der Waals surface area (Å²) >= 11 is 0. The van der Waals surface area contributed by atoms with Gasteiger partial charge in [0.1, 0.15) is 0 Å². The van der Waals surface area contributed by atoms with Crippen molar-refractivity contribution >= 4 is 11.8 Å². The first-order valence-corrected chi connectivity index (χ1v) is 13.1. The van der Waals surface area contributed by atoms with E-state index in [0.29, 0.717) is 26.1 Å². The molecule has 0 radical (unpaired) electrons. The predicted octanol–water partition coefficient (Wildman–Crippen LogP) is -0.663. The van der Waals surface area contributed by atoms with E-state index in [1.54, 1.807) is 0 Å². The second kappa shape index (κ2) is 16.8. The van der Waals surface area contributed by atoms with Crippen molar-refractivity contribution in [3.63, 3.8) is 0 Å². The van der Waals surface area contributed by atoms with Crippen molar-refractivity contribution in [1.82, 2.24) is 25.8 Å². The van der Waals surface area contributed by atoms with Gasteiger partial charge in [-0.15, -0.1) is 0 Å². The Balaban J connectivity index is 1.85. The minimum atomic E-state index is -0.278.